The molecular formula is C36H55BrN2O. The highest BCUT2D eigenvalue weighted by atomic mass is 79.9. The normalized spacial score (nSPS) is 11.2. The van der Waals surface area contributed by atoms with Gasteiger partial charge < -0.3 is 21.5 Å². The molecule has 3 aromatic rings. The Bertz CT molecular complexity index is 1120. The van der Waals surface area contributed by atoms with Crippen LogP contribution in [0.1, 0.15) is 129 Å². The molecule has 0 aliphatic heterocycles. The monoisotopic (exact) mass is 610 g/mol. The largest absolute Gasteiger partial charge is 1.00 e. The van der Waals surface area contributed by atoms with Gasteiger partial charge >= 0.3 is 0 Å². The van der Waals surface area contributed by atoms with Crippen molar-refractivity contribution in [2.45, 2.75) is 143 Å². The van der Waals surface area contributed by atoms with Crippen molar-refractivity contribution in [1.29, 1.82) is 0 Å². The van der Waals surface area contributed by atoms with E-state index in [1.807, 2.05) is 18.2 Å². The molecule has 222 valence electrons. The summed E-state index contributed by atoms with van der Waals surface area (Å²) in [4.78, 5) is 13.0. The van der Waals surface area contributed by atoms with Crippen molar-refractivity contribution in [3.63, 3.8) is 0 Å². The zero-order chi connectivity index (χ0) is 27.5. The SMILES string of the molecule is CCCCCCCCCCCn1c(-c2cc[n+](CCCCCCCCCCC)cc2)cc(=O)c2ccccc21.[Br-]. The highest BCUT2D eigenvalue weighted by molar-refractivity contribution is 5.82. The van der Waals surface area contributed by atoms with Crippen molar-refractivity contribution in [3.05, 3.63) is 65.1 Å². The van der Waals surface area contributed by atoms with Crippen molar-refractivity contribution in [3.8, 4) is 11.3 Å². The number of aromatic nitrogens is 2. The van der Waals surface area contributed by atoms with Crippen LogP contribution >= 0.6 is 0 Å². The summed E-state index contributed by atoms with van der Waals surface area (Å²) >= 11 is 0. The summed E-state index contributed by atoms with van der Waals surface area (Å²) in [6.45, 7) is 6.59. The van der Waals surface area contributed by atoms with E-state index >= 15 is 0 Å². The number of halogens is 1. The van der Waals surface area contributed by atoms with Gasteiger partial charge in [-0.2, -0.15) is 0 Å². The lowest BCUT2D eigenvalue weighted by Crippen LogP contribution is -3.00. The molecule has 0 bridgehead atoms. The summed E-state index contributed by atoms with van der Waals surface area (Å²) in [5.41, 5.74) is 3.37. The van der Waals surface area contributed by atoms with Crippen LogP contribution in [0.15, 0.2) is 59.7 Å². The van der Waals surface area contributed by atoms with Gasteiger partial charge in [-0.15, -0.1) is 0 Å². The molecule has 0 saturated carbocycles. The highest BCUT2D eigenvalue weighted by Crippen LogP contribution is 2.23. The number of aryl methyl sites for hydroxylation is 2. The first-order valence-electron chi connectivity index (χ1n) is 16.4. The number of rotatable bonds is 21. The first-order valence-corrected chi connectivity index (χ1v) is 16.4. The molecule has 0 aliphatic rings. The molecule has 4 heteroatoms. The lowest BCUT2D eigenvalue weighted by Gasteiger charge is -2.17. The molecule has 0 unspecified atom stereocenters. The fraction of sp³-hybridized carbons (Fsp3) is 0.611. The summed E-state index contributed by atoms with van der Waals surface area (Å²) in [6, 6.07) is 14.4. The third-order valence-electron chi connectivity index (χ3n) is 8.21. The van der Waals surface area contributed by atoms with E-state index in [4.69, 9.17) is 0 Å². The Morgan fingerprint density at radius 3 is 1.70 bits per heavy atom. The van der Waals surface area contributed by atoms with Crippen molar-refractivity contribution >= 4 is 10.9 Å². The molecule has 0 aliphatic carbocycles. The van der Waals surface area contributed by atoms with Crippen molar-refractivity contribution in [1.82, 2.24) is 4.57 Å². The van der Waals surface area contributed by atoms with Gasteiger partial charge in [-0.3, -0.25) is 4.79 Å². The fourth-order valence-corrected chi connectivity index (χ4v) is 5.77. The average molecular weight is 612 g/mol. The van der Waals surface area contributed by atoms with Gasteiger partial charge in [-0.05, 0) is 25.0 Å². The Hall–Kier alpha value is -1.94. The number of nitrogens with zero attached hydrogens (tertiary/aromatic N) is 2. The lowest BCUT2D eigenvalue weighted by atomic mass is 10.1. The molecule has 0 saturated heterocycles. The molecule has 3 rings (SSSR count). The second-order valence-corrected chi connectivity index (χ2v) is 11.5. The molecule has 0 N–H and O–H groups in total. The number of unbranched alkanes of at least 4 members (excludes halogenated alkanes) is 16. The minimum atomic E-state index is 0. The van der Waals surface area contributed by atoms with Crippen LogP contribution in [0.5, 0.6) is 0 Å². The van der Waals surface area contributed by atoms with Crippen LogP contribution in [-0.4, -0.2) is 4.57 Å². The zero-order valence-corrected chi connectivity index (χ0v) is 27.1. The van der Waals surface area contributed by atoms with Crippen LogP contribution in [0.3, 0.4) is 0 Å². The smallest absolute Gasteiger partial charge is 0.190 e. The summed E-state index contributed by atoms with van der Waals surface area (Å²) in [7, 11) is 0. The van der Waals surface area contributed by atoms with E-state index in [1.54, 1.807) is 0 Å². The van der Waals surface area contributed by atoms with Crippen LogP contribution in [0.2, 0.25) is 0 Å². The summed E-state index contributed by atoms with van der Waals surface area (Å²) < 4.78 is 4.69. The van der Waals surface area contributed by atoms with Crippen LogP contribution in [0, 0.1) is 0 Å². The quantitative estimate of drug-likeness (QED) is 0.0939. The van der Waals surface area contributed by atoms with Crippen LogP contribution in [-0.2, 0) is 13.1 Å². The predicted molar refractivity (Wildman–Crippen MR) is 168 cm³/mol. The van der Waals surface area contributed by atoms with E-state index in [9.17, 15) is 4.79 Å². The van der Waals surface area contributed by atoms with E-state index in [0.717, 1.165) is 41.7 Å². The topological polar surface area (TPSA) is 25.9 Å². The van der Waals surface area contributed by atoms with E-state index in [1.165, 1.54) is 109 Å². The van der Waals surface area contributed by atoms with Gasteiger partial charge in [-0.25, -0.2) is 4.57 Å². The molecule has 0 amide bonds. The van der Waals surface area contributed by atoms with Gasteiger partial charge in [-0.1, -0.05) is 122 Å². The summed E-state index contributed by atoms with van der Waals surface area (Å²) in [5.74, 6) is 0. The predicted octanol–water partition coefficient (Wildman–Crippen LogP) is 7.02. The minimum Gasteiger partial charge on any atom is -1.00 e. The molecule has 0 spiro atoms. The van der Waals surface area contributed by atoms with Gasteiger partial charge in [0.15, 0.2) is 17.8 Å². The first kappa shape index (κ1) is 34.3. The number of para-hydroxylation sites is 1. The Kier molecular flexibility index (Phi) is 17.9. The third-order valence-corrected chi connectivity index (χ3v) is 8.21. The lowest BCUT2D eigenvalue weighted by molar-refractivity contribution is -0.697. The van der Waals surface area contributed by atoms with Gasteiger partial charge in [0.2, 0.25) is 0 Å². The molecular weight excluding hydrogens is 556 g/mol. The number of hydrogen-bond acceptors (Lipinski definition) is 1. The van der Waals surface area contributed by atoms with Gasteiger partial charge in [0.1, 0.15) is 6.54 Å². The molecule has 40 heavy (non-hydrogen) atoms. The molecule has 0 atom stereocenters. The maximum atomic E-state index is 13.0. The average Bonchev–Trinajstić information content (AvgIpc) is 2.96. The molecule has 0 radical (unpaired) electrons. The number of pyridine rings is 2. The first-order chi connectivity index (χ1) is 19.2. The molecule has 1 aromatic carbocycles. The van der Waals surface area contributed by atoms with Gasteiger partial charge in [0.25, 0.3) is 0 Å². The standard InChI is InChI=1S/C36H55N2O.BrH/c1-3-5-7-9-11-13-15-17-21-27-37-29-25-32(26-30-37)35-31-36(39)33-23-19-20-24-34(33)38(35)28-22-18-16-14-12-10-8-6-4-2;/h19-20,23-26,29-31H,3-18,21-22,27-28H2,1-2H3;1H/q+1;/p-1. The van der Waals surface area contributed by atoms with Crippen molar-refractivity contribution < 1.29 is 21.5 Å². The zero-order valence-electron chi connectivity index (χ0n) is 25.5. The third kappa shape index (κ3) is 11.9. The van der Waals surface area contributed by atoms with Crippen molar-refractivity contribution in [2.75, 3.05) is 0 Å². The minimum absolute atomic E-state index is 0. The van der Waals surface area contributed by atoms with Crippen LogP contribution < -0.4 is 27.0 Å². The van der Waals surface area contributed by atoms with Crippen molar-refractivity contribution in [2.24, 2.45) is 0 Å². The van der Waals surface area contributed by atoms with E-state index in [2.05, 4.69) is 59.6 Å². The van der Waals surface area contributed by atoms with E-state index in [-0.39, 0.29) is 22.4 Å². The molecule has 3 nitrogen and oxygen atoms in total. The summed E-state index contributed by atoms with van der Waals surface area (Å²) in [6.07, 6.45) is 28.5. The van der Waals surface area contributed by atoms with Gasteiger partial charge in [0.05, 0.1) is 11.2 Å². The molecule has 2 aromatic heterocycles. The Morgan fingerprint density at radius 2 is 1.12 bits per heavy atom. The van der Waals surface area contributed by atoms with Gasteiger partial charge in [0, 0.05) is 42.1 Å². The van der Waals surface area contributed by atoms with E-state index in [0.29, 0.717) is 0 Å². The maximum absolute atomic E-state index is 13.0. The maximum Gasteiger partial charge on any atom is 0.190 e. The Morgan fingerprint density at radius 1 is 0.625 bits per heavy atom. The fourth-order valence-electron chi connectivity index (χ4n) is 5.77. The van der Waals surface area contributed by atoms with Crippen LogP contribution in [0.25, 0.3) is 22.2 Å². The second-order valence-electron chi connectivity index (χ2n) is 11.5. The molecule has 2 heterocycles. The number of hydrogen-bond donors (Lipinski definition) is 0. The van der Waals surface area contributed by atoms with E-state index < -0.39 is 0 Å². The Balaban J connectivity index is 0.00000560. The summed E-state index contributed by atoms with van der Waals surface area (Å²) in [5, 5.41) is 0.827. The van der Waals surface area contributed by atoms with Crippen LogP contribution in [0.4, 0.5) is 0 Å². The Labute approximate surface area is 255 Å². The number of benzene rings is 1. The molecule has 0 fully saturated rings. The number of fused-ring (bicyclic) bond motifs is 1. The highest BCUT2D eigenvalue weighted by Gasteiger charge is 2.12. The second kappa shape index (κ2) is 20.9.